The number of aromatic nitrogens is 2. The number of carbonyl (C=O) groups excluding carboxylic acids is 1. The van der Waals surface area contributed by atoms with Crippen LogP contribution < -0.4 is 5.32 Å². The molecule has 2 aromatic rings. The average Bonchev–Trinajstić information content (AvgIpc) is 2.97. The largest absolute Gasteiger partial charge is 0.350 e. The number of amides is 1. The van der Waals surface area contributed by atoms with Crippen LogP contribution in [-0.4, -0.2) is 20.6 Å². The fourth-order valence-electron chi connectivity index (χ4n) is 2.12. The lowest BCUT2D eigenvalue weighted by Gasteiger charge is -2.14. The molecule has 0 aliphatic heterocycles. The second kappa shape index (κ2) is 7.48. The van der Waals surface area contributed by atoms with Crippen molar-refractivity contribution in [3.63, 3.8) is 0 Å². The van der Waals surface area contributed by atoms with Gasteiger partial charge in [-0.25, -0.2) is 4.39 Å². The lowest BCUT2D eigenvalue weighted by atomic mass is 10.1. The first-order valence-corrected chi connectivity index (χ1v) is 7.17. The molecule has 1 heterocycles. The molecule has 1 unspecified atom stereocenters. The molecule has 2 rings (SSSR count). The number of nitrogens with zero attached hydrogens (tertiary/aromatic N) is 3. The number of halogens is 1. The monoisotopic (exact) mass is 320 g/mol. The van der Waals surface area contributed by atoms with Crippen LogP contribution in [0.4, 0.5) is 10.1 Å². The van der Waals surface area contributed by atoms with E-state index in [4.69, 9.17) is 0 Å². The summed E-state index contributed by atoms with van der Waals surface area (Å²) in [5.74, 6) is -0.455. The molecule has 1 amide bonds. The predicted octanol–water partition coefficient (Wildman–Crippen LogP) is 2.59. The molecule has 8 heteroatoms. The molecule has 1 N–H and O–H groups in total. The van der Waals surface area contributed by atoms with E-state index in [0.717, 1.165) is 5.56 Å². The quantitative estimate of drug-likeness (QED) is 0.627. The van der Waals surface area contributed by atoms with Crippen molar-refractivity contribution in [2.75, 3.05) is 0 Å². The van der Waals surface area contributed by atoms with Gasteiger partial charge in [-0.05, 0) is 31.0 Å². The van der Waals surface area contributed by atoms with Gasteiger partial charge in [0, 0.05) is 13.0 Å². The average molecular weight is 320 g/mol. The Morgan fingerprint density at radius 3 is 2.74 bits per heavy atom. The Balaban J connectivity index is 1.76. The zero-order chi connectivity index (χ0) is 16.8. The Bertz CT molecular complexity index is 684. The molecule has 1 aromatic heterocycles. The number of hydrogen-bond donors (Lipinski definition) is 1. The highest BCUT2D eigenvalue weighted by molar-refractivity contribution is 5.76. The zero-order valence-corrected chi connectivity index (χ0v) is 12.6. The van der Waals surface area contributed by atoms with Crippen molar-refractivity contribution < 1.29 is 14.1 Å². The third-order valence-electron chi connectivity index (χ3n) is 3.37. The summed E-state index contributed by atoms with van der Waals surface area (Å²) in [6.45, 7) is 2.24. The van der Waals surface area contributed by atoms with Gasteiger partial charge in [0.05, 0.1) is 11.0 Å². The fourth-order valence-corrected chi connectivity index (χ4v) is 2.12. The highest BCUT2D eigenvalue weighted by atomic mass is 19.1. The van der Waals surface area contributed by atoms with E-state index < -0.39 is 4.92 Å². The number of hydrogen-bond acceptors (Lipinski definition) is 4. The molecule has 0 saturated carbocycles. The van der Waals surface area contributed by atoms with Gasteiger partial charge >= 0.3 is 5.69 Å². The third kappa shape index (κ3) is 4.87. The molecule has 0 aliphatic carbocycles. The van der Waals surface area contributed by atoms with Gasteiger partial charge in [0.2, 0.25) is 5.91 Å². The highest BCUT2D eigenvalue weighted by Gasteiger charge is 2.11. The second-order valence-corrected chi connectivity index (χ2v) is 5.16. The highest BCUT2D eigenvalue weighted by Crippen LogP contribution is 2.13. The summed E-state index contributed by atoms with van der Waals surface area (Å²) in [4.78, 5) is 21.9. The molecule has 23 heavy (non-hydrogen) atoms. The Morgan fingerprint density at radius 1 is 1.43 bits per heavy atom. The molecule has 1 aromatic carbocycles. The van der Waals surface area contributed by atoms with Crippen LogP contribution in [0.25, 0.3) is 0 Å². The van der Waals surface area contributed by atoms with Gasteiger partial charge in [-0.1, -0.05) is 12.1 Å². The smallest absolute Gasteiger partial charge is 0.306 e. The summed E-state index contributed by atoms with van der Waals surface area (Å²) >= 11 is 0. The molecule has 0 aliphatic rings. The minimum atomic E-state index is -0.513. The maximum absolute atomic E-state index is 12.9. The first-order valence-electron chi connectivity index (χ1n) is 7.17. The van der Waals surface area contributed by atoms with Crippen LogP contribution >= 0.6 is 0 Å². The topological polar surface area (TPSA) is 90.1 Å². The van der Waals surface area contributed by atoms with Crippen LogP contribution in [-0.2, 0) is 11.3 Å². The Hall–Kier alpha value is -2.77. The van der Waals surface area contributed by atoms with Gasteiger partial charge in [0.25, 0.3) is 0 Å². The van der Waals surface area contributed by atoms with E-state index >= 15 is 0 Å². The van der Waals surface area contributed by atoms with E-state index in [2.05, 4.69) is 10.4 Å². The third-order valence-corrected chi connectivity index (χ3v) is 3.37. The predicted molar refractivity (Wildman–Crippen MR) is 81.1 cm³/mol. The summed E-state index contributed by atoms with van der Waals surface area (Å²) in [6.07, 6.45) is 3.30. The van der Waals surface area contributed by atoms with E-state index in [-0.39, 0.29) is 29.9 Å². The molecule has 0 saturated heterocycles. The van der Waals surface area contributed by atoms with Crippen LogP contribution in [0, 0.1) is 15.9 Å². The van der Waals surface area contributed by atoms with Gasteiger partial charge in [0.1, 0.15) is 18.2 Å². The summed E-state index contributed by atoms with van der Waals surface area (Å²) in [7, 11) is 0. The molecule has 0 spiro atoms. The fraction of sp³-hybridized carbons (Fsp3) is 0.333. The van der Waals surface area contributed by atoms with Crippen LogP contribution in [0.15, 0.2) is 36.7 Å². The zero-order valence-electron chi connectivity index (χ0n) is 12.6. The van der Waals surface area contributed by atoms with E-state index in [9.17, 15) is 19.3 Å². The number of carbonyl (C=O) groups is 1. The number of rotatable bonds is 7. The minimum Gasteiger partial charge on any atom is -0.350 e. The SMILES string of the molecule is CC(NC(=O)CCCn1cc([N+](=O)[O-])cn1)c1ccc(F)cc1. The molecule has 122 valence electrons. The molecule has 0 bridgehead atoms. The molecule has 0 fully saturated rings. The second-order valence-electron chi connectivity index (χ2n) is 5.16. The Morgan fingerprint density at radius 2 is 2.13 bits per heavy atom. The van der Waals surface area contributed by atoms with Crippen LogP contribution in [0.5, 0.6) is 0 Å². The van der Waals surface area contributed by atoms with Gasteiger partial charge in [-0.2, -0.15) is 5.10 Å². The van der Waals surface area contributed by atoms with E-state index in [1.54, 1.807) is 12.1 Å². The maximum Gasteiger partial charge on any atom is 0.306 e. The lowest BCUT2D eigenvalue weighted by Crippen LogP contribution is -2.26. The van der Waals surface area contributed by atoms with Crippen molar-refractivity contribution in [2.45, 2.75) is 32.4 Å². The molecule has 1 atom stereocenters. The maximum atomic E-state index is 12.9. The Labute approximate surface area is 132 Å². The number of nitro groups is 1. The van der Waals surface area contributed by atoms with Crippen molar-refractivity contribution in [1.29, 1.82) is 0 Å². The summed E-state index contributed by atoms with van der Waals surface area (Å²) in [6, 6.07) is 5.74. The van der Waals surface area contributed by atoms with Crippen molar-refractivity contribution in [3.05, 3.63) is 58.2 Å². The first-order chi connectivity index (χ1) is 11.0. The molecule has 7 nitrogen and oxygen atoms in total. The van der Waals surface area contributed by atoms with Crippen LogP contribution in [0.2, 0.25) is 0 Å². The van der Waals surface area contributed by atoms with Gasteiger partial charge < -0.3 is 5.32 Å². The number of benzene rings is 1. The molecule has 0 radical (unpaired) electrons. The molecular formula is C15H17FN4O3. The van der Waals surface area contributed by atoms with Crippen LogP contribution in [0.1, 0.15) is 31.4 Å². The van der Waals surface area contributed by atoms with Crippen molar-refractivity contribution in [3.8, 4) is 0 Å². The Kier molecular flexibility index (Phi) is 5.40. The van der Waals surface area contributed by atoms with Crippen molar-refractivity contribution in [2.24, 2.45) is 0 Å². The van der Waals surface area contributed by atoms with Crippen LogP contribution in [0.3, 0.4) is 0 Å². The van der Waals surface area contributed by atoms with Crippen molar-refractivity contribution >= 4 is 11.6 Å². The minimum absolute atomic E-state index is 0.0700. The summed E-state index contributed by atoms with van der Waals surface area (Å²) in [5.41, 5.74) is 0.752. The van der Waals surface area contributed by atoms with Gasteiger partial charge in [0.15, 0.2) is 0 Å². The van der Waals surface area contributed by atoms with E-state index in [0.29, 0.717) is 13.0 Å². The lowest BCUT2D eigenvalue weighted by molar-refractivity contribution is -0.385. The number of nitrogens with one attached hydrogen (secondary N) is 1. The standard InChI is InChI=1S/C15H17FN4O3/c1-11(12-4-6-13(16)7-5-12)18-15(21)3-2-8-19-10-14(9-17-19)20(22)23/h4-7,9-11H,2-3,8H2,1H3,(H,18,21). The van der Waals surface area contributed by atoms with Gasteiger partial charge in [-0.15, -0.1) is 0 Å². The summed E-state index contributed by atoms with van der Waals surface area (Å²) < 4.78 is 14.3. The van der Waals surface area contributed by atoms with Crippen molar-refractivity contribution in [1.82, 2.24) is 15.1 Å². The summed E-state index contributed by atoms with van der Waals surface area (Å²) in [5, 5.41) is 17.2. The normalized spacial score (nSPS) is 11.9. The first kappa shape index (κ1) is 16.6. The van der Waals surface area contributed by atoms with Gasteiger partial charge in [-0.3, -0.25) is 19.6 Å². The number of aryl methyl sites for hydroxylation is 1. The molecular weight excluding hydrogens is 303 g/mol. The van der Waals surface area contributed by atoms with E-state index in [1.165, 1.54) is 29.2 Å². The van der Waals surface area contributed by atoms with E-state index in [1.807, 2.05) is 6.92 Å².